The predicted octanol–water partition coefficient (Wildman–Crippen LogP) is 3.01. The number of thiazole rings is 1. The number of carboxylic acid groups (broad SMARTS) is 1. The van der Waals surface area contributed by atoms with Crippen molar-refractivity contribution in [2.24, 2.45) is 0 Å². The van der Waals surface area contributed by atoms with Crippen LogP contribution in [-0.4, -0.2) is 16.1 Å². The summed E-state index contributed by atoms with van der Waals surface area (Å²) in [6.07, 6.45) is 2.64. The largest absolute Gasteiger partial charge is 0.478 e. The fourth-order valence-corrected chi connectivity index (χ4v) is 2.53. The van der Waals surface area contributed by atoms with Crippen LogP contribution >= 0.6 is 11.3 Å². The van der Waals surface area contributed by atoms with E-state index in [1.807, 2.05) is 19.9 Å². The van der Waals surface area contributed by atoms with Crippen molar-refractivity contribution in [3.8, 4) is 0 Å². The first kappa shape index (κ1) is 10.8. The van der Waals surface area contributed by atoms with Crippen LogP contribution in [0.5, 0.6) is 0 Å². The van der Waals surface area contributed by atoms with Crippen molar-refractivity contribution < 1.29 is 9.90 Å². The third-order valence-corrected chi connectivity index (χ3v) is 3.38. The molecule has 2 rings (SSSR count). The van der Waals surface area contributed by atoms with Gasteiger partial charge in [0.1, 0.15) is 5.01 Å². The molecule has 1 N–H and O–H groups in total. The van der Waals surface area contributed by atoms with Gasteiger partial charge in [0.15, 0.2) is 0 Å². The van der Waals surface area contributed by atoms with Gasteiger partial charge in [-0.15, -0.1) is 11.3 Å². The van der Waals surface area contributed by atoms with Gasteiger partial charge in [0, 0.05) is 6.08 Å². The van der Waals surface area contributed by atoms with Crippen LogP contribution < -0.4 is 0 Å². The fraction of sp³-hybridized carbons (Fsp3) is 0.167. The van der Waals surface area contributed by atoms with E-state index in [-0.39, 0.29) is 0 Å². The summed E-state index contributed by atoms with van der Waals surface area (Å²) in [7, 11) is 0. The Balaban J connectivity index is 2.52. The summed E-state index contributed by atoms with van der Waals surface area (Å²) in [5, 5.41) is 9.27. The third-order valence-electron chi connectivity index (χ3n) is 2.21. The van der Waals surface area contributed by atoms with Gasteiger partial charge >= 0.3 is 5.97 Å². The first-order valence-electron chi connectivity index (χ1n) is 4.85. The highest BCUT2D eigenvalue weighted by Crippen LogP contribution is 2.27. The molecule has 0 fully saturated rings. The number of aryl methyl sites for hydroxylation is 2. The van der Waals surface area contributed by atoms with E-state index >= 15 is 0 Å². The monoisotopic (exact) mass is 233 g/mol. The van der Waals surface area contributed by atoms with Gasteiger partial charge in [0.05, 0.1) is 10.2 Å². The van der Waals surface area contributed by atoms with Crippen molar-refractivity contribution in [3.05, 3.63) is 34.3 Å². The molecule has 0 saturated carbocycles. The van der Waals surface area contributed by atoms with E-state index in [9.17, 15) is 4.79 Å². The molecular formula is C12H11NO2S. The van der Waals surface area contributed by atoms with Crippen LogP contribution in [0.1, 0.15) is 16.1 Å². The van der Waals surface area contributed by atoms with Gasteiger partial charge < -0.3 is 5.11 Å². The number of aliphatic carboxylic acids is 1. The van der Waals surface area contributed by atoms with Crippen LogP contribution in [0.25, 0.3) is 16.3 Å². The number of aromatic nitrogens is 1. The zero-order valence-corrected chi connectivity index (χ0v) is 9.84. The SMILES string of the molecule is Cc1cc(C)c2sc(/C=C/C(=O)O)nc2c1. The molecule has 1 aromatic heterocycles. The maximum Gasteiger partial charge on any atom is 0.328 e. The minimum atomic E-state index is -0.952. The number of hydrogen-bond donors (Lipinski definition) is 1. The van der Waals surface area contributed by atoms with Crippen LogP contribution in [0.15, 0.2) is 18.2 Å². The van der Waals surface area contributed by atoms with Gasteiger partial charge in [-0.05, 0) is 37.1 Å². The zero-order chi connectivity index (χ0) is 11.7. The number of rotatable bonds is 2. The van der Waals surface area contributed by atoms with Crippen molar-refractivity contribution >= 4 is 33.6 Å². The third kappa shape index (κ3) is 2.12. The number of carbonyl (C=O) groups is 1. The first-order chi connectivity index (χ1) is 7.56. The molecule has 0 amide bonds. The molecule has 1 heterocycles. The Labute approximate surface area is 97.1 Å². The Kier molecular flexibility index (Phi) is 2.75. The fourth-order valence-electron chi connectivity index (χ4n) is 1.61. The minimum Gasteiger partial charge on any atom is -0.478 e. The number of fused-ring (bicyclic) bond motifs is 1. The van der Waals surface area contributed by atoms with E-state index in [1.54, 1.807) is 0 Å². The van der Waals surface area contributed by atoms with Gasteiger partial charge in [0.2, 0.25) is 0 Å². The van der Waals surface area contributed by atoms with Crippen LogP contribution in [0, 0.1) is 13.8 Å². The zero-order valence-electron chi connectivity index (χ0n) is 9.02. The Morgan fingerprint density at radius 1 is 1.44 bits per heavy atom. The number of nitrogens with zero attached hydrogens (tertiary/aromatic N) is 1. The maximum absolute atomic E-state index is 10.4. The molecule has 0 aliphatic carbocycles. The first-order valence-corrected chi connectivity index (χ1v) is 5.67. The molecule has 0 saturated heterocycles. The standard InChI is InChI=1S/C12H11NO2S/c1-7-5-8(2)12-9(6-7)13-10(16-12)3-4-11(14)15/h3-6H,1-2H3,(H,14,15)/b4-3+. The molecule has 0 atom stereocenters. The Morgan fingerprint density at radius 2 is 2.19 bits per heavy atom. The molecule has 1 aromatic carbocycles. The lowest BCUT2D eigenvalue weighted by Crippen LogP contribution is -1.85. The van der Waals surface area contributed by atoms with Crippen LogP contribution in [0.4, 0.5) is 0 Å². The summed E-state index contributed by atoms with van der Waals surface area (Å²) in [5.74, 6) is -0.952. The minimum absolute atomic E-state index is 0.728. The van der Waals surface area contributed by atoms with E-state index in [0.717, 1.165) is 21.3 Å². The molecule has 2 aromatic rings. The van der Waals surface area contributed by atoms with Crippen molar-refractivity contribution in [2.75, 3.05) is 0 Å². The van der Waals surface area contributed by atoms with Crippen molar-refractivity contribution in [1.82, 2.24) is 4.98 Å². The molecule has 0 unspecified atom stereocenters. The average Bonchev–Trinajstić information content (AvgIpc) is 2.57. The topological polar surface area (TPSA) is 50.2 Å². The van der Waals surface area contributed by atoms with Crippen molar-refractivity contribution in [2.45, 2.75) is 13.8 Å². The second kappa shape index (κ2) is 4.06. The van der Waals surface area contributed by atoms with E-state index < -0.39 is 5.97 Å². The number of benzene rings is 1. The second-order valence-electron chi connectivity index (χ2n) is 3.65. The average molecular weight is 233 g/mol. The van der Waals surface area contributed by atoms with Gasteiger partial charge in [-0.25, -0.2) is 9.78 Å². The summed E-state index contributed by atoms with van der Waals surface area (Å²) >= 11 is 1.51. The van der Waals surface area contributed by atoms with Crippen molar-refractivity contribution in [1.29, 1.82) is 0 Å². The van der Waals surface area contributed by atoms with Gasteiger partial charge in [0.25, 0.3) is 0 Å². The Hall–Kier alpha value is -1.68. The van der Waals surface area contributed by atoms with Crippen LogP contribution in [0.2, 0.25) is 0 Å². The van der Waals surface area contributed by atoms with Gasteiger partial charge in [-0.3, -0.25) is 0 Å². The Morgan fingerprint density at radius 3 is 2.88 bits per heavy atom. The lowest BCUT2D eigenvalue weighted by molar-refractivity contribution is -0.131. The van der Waals surface area contributed by atoms with E-state index in [4.69, 9.17) is 5.11 Å². The van der Waals surface area contributed by atoms with Crippen molar-refractivity contribution in [3.63, 3.8) is 0 Å². The van der Waals surface area contributed by atoms with E-state index in [2.05, 4.69) is 11.1 Å². The molecule has 3 nitrogen and oxygen atoms in total. The molecule has 4 heteroatoms. The highest BCUT2D eigenvalue weighted by atomic mass is 32.1. The molecule has 82 valence electrons. The molecule has 0 radical (unpaired) electrons. The summed E-state index contributed by atoms with van der Waals surface area (Å²) in [6, 6.07) is 4.11. The van der Waals surface area contributed by atoms with Gasteiger partial charge in [-0.1, -0.05) is 6.07 Å². The quantitative estimate of drug-likeness (QED) is 0.811. The van der Waals surface area contributed by atoms with E-state index in [0.29, 0.717) is 0 Å². The Bertz CT molecular complexity index is 584. The second-order valence-corrected chi connectivity index (χ2v) is 4.68. The number of hydrogen-bond acceptors (Lipinski definition) is 3. The molecule has 0 aliphatic heterocycles. The van der Waals surface area contributed by atoms with Crippen LogP contribution in [-0.2, 0) is 4.79 Å². The smallest absolute Gasteiger partial charge is 0.328 e. The molecular weight excluding hydrogens is 222 g/mol. The summed E-state index contributed by atoms with van der Waals surface area (Å²) in [6.45, 7) is 4.07. The normalized spacial score (nSPS) is 11.4. The molecule has 0 bridgehead atoms. The maximum atomic E-state index is 10.4. The lowest BCUT2D eigenvalue weighted by atomic mass is 10.1. The van der Waals surface area contributed by atoms with Gasteiger partial charge in [-0.2, -0.15) is 0 Å². The summed E-state index contributed by atoms with van der Waals surface area (Å²) < 4.78 is 1.12. The highest BCUT2D eigenvalue weighted by Gasteiger charge is 2.05. The summed E-state index contributed by atoms with van der Waals surface area (Å²) in [5.41, 5.74) is 3.29. The molecule has 0 aliphatic rings. The van der Waals surface area contributed by atoms with Crippen LogP contribution in [0.3, 0.4) is 0 Å². The predicted molar refractivity (Wildman–Crippen MR) is 65.8 cm³/mol. The van der Waals surface area contributed by atoms with E-state index in [1.165, 1.54) is 28.5 Å². The highest BCUT2D eigenvalue weighted by molar-refractivity contribution is 7.19. The molecule has 0 spiro atoms. The molecule has 16 heavy (non-hydrogen) atoms. The summed E-state index contributed by atoms with van der Waals surface area (Å²) in [4.78, 5) is 14.8. The lowest BCUT2D eigenvalue weighted by Gasteiger charge is -1.95. The number of carboxylic acids is 1.